The maximum absolute atomic E-state index is 10.1. The number of aliphatic hydroxyl groups is 1. The zero-order valence-corrected chi connectivity index (χ0v) is 9.72. The Morgan fingerprint density at radius 1 is 1.38 bits per heavy atom. The molecule has 0 aliphatic carbocycles. The number of aliphatic hydroxyl groups excluding tert-OH is 1. The van der Waals surface area contributed by atoms with Crippen molar-refractivity contribution in [2.24, 2.45) is 5.73 Å². The van der Waals surface area contributed by atoms with Crippen molar-refractivity contribution in [3.8, 4) is 0 Å². The summed E-state index contributed by atoms with van der Waals surface area (Å²) >= 11 is 0. The van der Waals surface area contributed by atoms with Gasteiger partial charge >= 0.3 is 0 Å². The number of benzene rings is 1. The Balaban J connectivity index is 2.61. The largest absolute Gasteiger partial charge is 0.387 e. The van der Waals surface area contributed by atoms with E-state index in [9.17, 15) is 5.11 Å². The molecule has 0 radical (unpaired) electrons. The van der Waals surface area contributed by atoms with Crippen LogP contribution in [0.25, 0.3) is 10.9 Å². The predicted octanol–water partition coefficient (Wildman–Crippen LogP) is 2.04. The first-order valence-corrected chi connectivity index (χ1v) is 5.66. The van der Waals surface area contributed by atoms with Crippen molar-refractivity contribution in [1.82, 2.24) is 4.57 Å². The van der Waals surface area contributed by atoms with E-state index in [2.05, 4.69) is 17.6 Å². The van der Waals surface area contributed by atoms with Crippen LogP contribution in [0, 0.1) is 0 Å². The maximum atomic E-state index is 10.1. The van der Waals surface area contributed by atoms with Crippen LogP contribution < -0.4 is 5.73 Å². The second-order valence-corrected chi connectivity index (χ2v) is 4.19. The third kappa shape index (κ3) is 1.72. The summed E-state index contributed by atoms with van der Waals surface area (Å²) in [6, 6.07) is 7.84. The van der Waals surface area contributed by atoms with E-state index in [4.69, 9.17) is 5.73 Å². The first-order valence-electron chi connectivity index (χ1n) is 5.66. The van der Waals surface area contributed by atoms with Crippen LogP contribution in [0.3, 0.4) is 0 Å². The smallest absolute Gasteiger partial charge is 0.0958 e. The quantitative estimate of drug-likeness (QED) is 0.828. The molecule has 0 saturated heterocycles. The van der Waals surface area contributed by atoms with Crippen LogP contribution >= 0.6 is 0 Å². The molecule has 3 N–H and O–H groups in total. The zero-order valence-electron chi connectivity index (χ0n) is 9.72. The topological polar surface area (TPSA) is 51.2 Å². The minimum absolute atomic E-state index is 0.254. The average molecular weight is 218 g/mol. The van der Waals surface area contributed by atoms with Crippen molar-refractivity contribution in [3.63, 3.8) is 0 Å². The van der Waals surface area contributed by atoms with Crippen LogP contribution in [0.2, 0.25) is 0 Å². The van der Waals surface area contributed by atoms with E-state index in [1.165, 1.54) is 0 Å². The molecular weight excluding hydrogens is 200 g/mol. The number of fused-ring (bicyclic) bond motifs is 1. The summed E-state index contributed by atoms with van der Waals surface area (Å²) in [5.41, 5.74) is 7.83. The van der Waals surface area contributed by atoms with Crippen molar-refractivity contribution >= 4 is 10.9 Å². The average Bonchev–Trinajstić information content (AvgIpc) is 2.66. The fourth-order valence-electron chi connectivity index (χ4n) is 2.06. The third-order valence-corrected chi connectivity index (χ3v) is 2.98. The minimum atomic E-state index is -0.599. The molecule has 86 valence electrons. The van der Waals surface area contributed by atoms with Crippen molar-refractivity contribution in [2.45, 2.75) is 32.5 Å². The molecule has 0 aliphatic heterocycles. The van der Waals surface area contributed by atoms with Gasteiger partial charge in [0.25, 0.3) is 0 Å². The zero-order chi connectivity index (χ0) is 11.7. The number of hydrogen-bond acceptors (Lipinski definition) is 2. The number of aryl methyl sites for hydroxylation is 1. The lowest BCUT2D eigenvalue weighted by Crippen LogP contribution is -2.24. The summed E-state index contributed by atoms with van der Waals surface area (Å²) in [6.45, 7) is 4.81. The van der Waals surface area contributed by atoms with Crippen molar-refractivity contribution < 1.29 is 5.11 Å². The first-order chi connectivity index (χ1) is 7.65. The number of nitrogens with zero attached hydrogens (tertiary/aromatic N) is 1. The van der Waals surface area contributed by atoms with E-state index in [1.54, 1.807) is 0 Å². The summed E-state index contributed by atoms with van der Waals surface area (Å²) in [4.78, 5) is 0. The Bertz CT molecular complexity index is 488. The van der Waals surface area contributed by atoms with Crippen LogP contribution in [0.1, 0.15) is 25.5 Å². The summed E-state index contributed by atoms with van der Waals surface area (Å²) in [7, 11) is 0. The van der Waals surface area contributed by atoms with E-state index in [1.807, 2.05) is 31.3 Å². The van der Waals surface area contributed by atoms with E-state index >= 15 is 0 Å². The van der Waals surface area contributed by atoms with Crippen molar-refractivity contribution in [1.29, 1.82) is 0 Å². The summed E-state index contributed by atoms with van der Waals surface area (Å²) < 4.78 is 2.14. The molecule has 3 nitrogen and oxygen atoms in total. The molecule has 0 spiro atoms. The fraction of sp³-hybridized carbons (Fsp3) is 0.385. The van der Waals surface area contributed by atoms with Gasteiger partial charge in [0.2, 0.25) is 0 Å². The Kier molecular flexibility index (Phi) is 2.99. The number of hydrogen-bond donors (Lipinski definition) is 2. The highest BCUT2D eigenvalue weighted by molar-refractivity contribution is 5.84. The van der Waals surface area contributed by atoms with E-state index in [-0.39, 0.29) is 6.04 Å². The molecular formula is C13H18N2O. The standard InChI is InChI=1S/C13H18N2O/c1-3-15-8-11(13(16)9(2)14)10-6-4-5-7-12(10)15/h4-9,13,16H,3,14H2,1-2H3. The van der Waals surface area contributed by atoms with Crippen LogP contribution in [-0.2, 0) is 6.54 Å². The van der Waals surface area contributed by atoms with Crippen molar-refractivity contribution in [3.05, 3.63) is 36.0 Å². The molecule has 2 atom stereocenters. The fourth-order valence-corrected chi connectivity index (χ4v) is 2.06. The lowest BCUT2D eigenvalue weighted by atomic mass is 10.0. The van der Waals surface area contributed by atoms with Gasteiger partial charge in [0.05, 0.1) is 6.10 Å². The Morgan fingerprint density at radius 2 is 2.06 bits per heavy atom. The highest BCUT2D eigenvalue weighted by Crippen LogP contribution is 2.27. The molecule has 0 saturated carbocycles. The van der Waals surface area contributed by atoms with Gasteiger partial charge in [0.15, 0.2) is 0 Å². The second-order valence-electron chi connectivity index (χ2n) is 4.19. The normalized spacial score (nSPS) is 15.2. The monoisotopic (exact) mass is 218 g/mol. The second kappa shape index (κ2) is 4.28. The molecule has 16 heavy (non-hydrogen) atoms. The van der Waals surface area contributed by atoms with E-state index in [0.29, 0.717) is 0 Å². The van der Waals surface area contributed by atoms with Crippen LogP contribution in [0.4, 0.5) is 0 Å². The van der Waals surface area contributed by atoms with Gasteiger partial charge in [0, 0.05) is 35.2 Å². The van der Waals surface area contributed by atoms with Crippen molar-refractivity contribution in [2.75, 3.05) is 0 Å². The highest BCUT2D eigenvalue weighted by atomic mass is 16.3. The minimum Gasteiger partial charge on any atom is -0.387 e. The lowest BCUT2D eigenvalue weighted by molar-refractivity contribution is 0.154. The van der Waals surface area contributed by atoms with Gasteiger partial charge in [-0.25, -0.2) is 0 Å². The third-order valence-electron chi connectivity index (χ3n) is 2.98. The van der Waals surface area contributed by atoms with E-state index < -0.39 is 6.10 Å². The van der Waals surface area contributed by atoms with Gasteiger partial charge in [0.1, 0.15) is 0 Å². The molecule has 1 aromatic carbocycles. The van der Waals surface area contributed by atoms with Crippen LogP contribution in [0.15, 0.2) is 30.5 Å². The number of nitrogens with two attached hydrogens (primary N) is 1. The first kappa shape index (κ1) is 11.2. The molecule has 3 heteroatoms. The highest BCUT2D eigenvalue weighted by Gasteiger charge is 2.17. The molecule has 2 aromatic rings. The van der Waals surface area contributed by atoms with E-state index in [0.717, 1.165) is 23.0 Å². The molecule has 1 aromatic heterocycles. The Labute approximate surface area is 95.5 Å². The predicted molar refractivity (Wildman–Crippen MR) is 66.2 cm³/mol. The van der Waals surface area contributed by atoms with Gasteiger partial charge in [-0.2, -0.15) is 0 Å². The molecule has 0 fully saturated rings. The molecule has 0 amide bonds. The number of rotatable bonds is 3. The molecule has 2 unspecified atom stereocenters. The summed E-state index contributed by atoms with van der Waals surface area (Å²) in [6.07, 6.45) is 1.40. The van der Waals surface area contributed by atoms with Crippen LogP contribution in [-0.4, -0.2) is 15.7 Å². The lowest BCUT2D eigenvalue weighted by Gasteiger charge is -2.13. The van der Waals surface area contributed by atoms with Gasteiger partial charge < -0.3 is 15.4 Å². The summed E-state index contributed by atoms with van der Waals surface area (Å²) in [5, 5.41) is 11.2. The molecule has 1 heterocycles. The van der Waals surface area contributed by atoms with Gasteiger partial charge in [-0.05, 0) is 19.9 Å². The number of para-hydroxylation sites is 1. The molecule has 0 aliphatic rings. The van der Waals surface area contributed by atoms with Gasteiger partial charge in [-0.1, -0.05) is 18.2 Å². The number of aromatic nitrogens is 1. The van der Waals surface area contributed by atoms with Gasteiger partial charge in [-0.3, -0.25) is 0 Å². The Morgan fingerprint density at radius 3 is 2.69 bits per heavy atom. The maximum Gasteiger partial charge on any atom is 0.0958 e. The van der Waals surface area contributed by atoms with Crippen LogP contribution in [0.5, 0.6) is 0 Å². The summed E-state index contributed by atoms with van der Waals surface area (Å²) in [5.74, 6) is 0. The Hall–Kier alpha value is -1.32. The molecule has 0 bridgehead atoms. The molecule has 2 rings (SSSR count). The SMILES string of the molecule is CCn1cc(C(O)C(C)N)c2ccccc21. The van der Waals surface area contributed by atoms with Gasteiger partial charge in [-0.15, -0.1) is 0 Å².